The number of halogens is 1. The Morgan fingerprint density at radius 3 is 2.54 bits per heavy atom. The summed E-state index contributed by atoms with van der Waals surface area (Å²) in [6.45, 7) is 1.82. The number of hydrogen-bond donors (Lipinski definition) is 1. The average molecular weight is 347 g/mol. The van der Waals surface area contributed by atoms with Crippen molar-refractivity contribution in [1.29, 1.82) is 0 Å². The first kappa shape index (κ1) is 17.5. The van der Waals surface area contributed by atoms with Gasteiger partial charge in [0, 0.05) is 29.3 Å². The van der Waals surface area contributed by atoms with Gasteiger partial charge in [-0.25, -0.2) is 0 Å². The lowest BCUT2D eigenvalue weighted by Crippen LogP contribution is -2.09. The maximum atomic E-state index is 12.0. The summed E-state index contributed by atoms with van der Waals surface area (Å²) in [5.41, 5.74) is 2.00. The van der Waals surface area contributed by atoms with Gasteiger partial charge in [-0.1, -0.05) is 11.6 Å². The van der Waals surface area contributed by atoms with Crippen molar-refractivity contribution >= 4 is 35.0 Å². The SMILES string of the molecule is COc1cc(Cl)c(C)cc1NC(=O)/C=C/c1ccc([N+](=O)[O-])cc1. The maximum absolute atomic E-state index is 12.0. The molecule has 1 N–H and O–H groups in total. The van der Waals surface area contributed by atoms with E-state index in [0.717, 1.165) is 5.56 Å². The predicted octanol–water partition coefficient (Wildman–Crippen LogP) is 4.22. The van der Waals surface area contributed by atoms with E-state index >= 15 is 0 Å². The molecule has 2 aromatic carbocycles. The largest absolute Gasteiger partial charge is 0.495 e. The lowest BCUT2D eigenvalue weighted by molar-refractivity contribution is -0.384. The second-order valence-electron chi connectivity index (χ2n) is 4.97. The summed E-state index contributed by atoms with van der Waals surface area (Å²) < 4.78 is 5.19. The van der Waals surface area contributed by atoms with Crippen LogP contribution in [0.4, 0.5) is 11.4 Å². The molecule has 0 aliphatic heterocycles. The van der Waals surface area contributed by atoms with Crippen LogP contribution in [0, 0.1) is 17.0 Å². The van der Waals surface area contributed by atoms with Crippen LogP contribution in [0.25, 0.3) is 6.08 Å². The van der Waals surface area contributed by atoms with Crippen molar-refractivity contribution in [1.82, 2.24) is 0 Å². The van der Waals surface area contributed by atoms with Crippen LogP contribution < -0.4 is 10.1 Å². The Morgan fingerprint density at radius 1 is 1.29 bits per heavy atom. The molecule has 0 aliphatic carbocycles. The summed E-state index contributed by atoms with van der Waals surface area (Å²) in [6, 6.07) is 9.24. The van der Waals surface area contributed by atoms with Crippen LogP contribution in [0.1, 0.15) is 11.1 Å². The maximum Gasteiger partial charge on any atom is 0.269 e. The molecule has 1 amide bonds. The zero-order valence-corrected chi connectivity index (χ0v) is 13.8. The number of methoxy groups -OCH3 is 1. The average Bonchev–Trinajstić information content (AvgIpc) is 2.56. The van der Waals surface area contributed by atoms with Gasteiger partial charge < -0.3 is 10.1 Å². The standard InChI is InChI=1S/C17H15ClN2O4/c1-11-9-15(16(24-2)10-14(11)18)19-17(21)8-5-12-3-6-13(7-4-12)20(22)23/h3-10H,1-2H3,(H,19,21)/b8-5+. The van der Waals surface area contributed by atoms with Gasteiger partial charge in [-0.15, -0.1) is 0 Å². The van der Waals surface area contributed by atoms with E-state index in [1.807, 2.05) is 6.92 Å². The van der Waals surface area contributed by atoms with Crippen molar-refractivity contribution in [3.05, 3.63) is 68.7 Å². The Kier molecular flexibility index (Phi) is 5.55. The van der Waals surface area contributed by atoms with E-state index in [1.165, 1.54) is 25.3 Å². The van der Waals surface area contributed by atoms with Crippen LogP contribution >= 0.6 is 11.6 Å². The van der Waals surface area contributed by atoms with Gasteiger partial charge in [0.2, 0.25) is 5.91 Å². The highest BCUT2D eigenvalue weighted by Crippen LogP contribution is 2.30. The second kappa shape index (κ2) is 7.61. The lowest BCUT2D eigenvalue weighted by atomic mass is 10.2. The van der Waals surface area contributed by atoms with Crippen LogP contribution in [0.2, 0.25) is 5.02 Å². The van der Waals surface area contributed by atoms with E-state index in [0.29, 0.717) is 22.0 Å². The smallest absolute Gasteiger partial charge is 0.269 e. The minimum Gasteiger partial charge on any atom is -0.495 e. The van der Waals surface area contributed by atoms with Crippen molar-refractivity contribution in [2.45, 2.75) is 6.92 Å². The van der Waals surface area contributed by atoms with Gasteiger partial charge in [-0.3, -0.25) is 14.9 Å². The molecular formula is C17H15ClN2O4. The quantitative estimate of drug-likeness (QED) is 0.499. The van der Waals surface area contributed by atoms with Gasteiger partial charge in [0.05, 0.1) is 17.7 Å². The molecule has 7 heteroatoms. The third-order valence-corrected chi connectivity index (χ3v) is 3.68. The molecule has 24 heavy (non-hydrogen) atoms. The van der Waals surface area contributed by atoms with Gasteiger partial charge in [-0.2, -0.15) is 0 Å². The molecule has 0 unspecified atom stereocenters. The Balaban J connectivity index is 2.10. The summed E-state index contributed by atoms with van der Waals surface area (Å²) in [5, 5.41) is 13.9. The molecule has 0 radical (unpaired) electrons. The van der Waals surface area contributed by atoms with Crippen LogP contribution in [-0.2, 0) is 4.79 Å². The highest BCUT2D eigenvalue weighted by molar-refractivity contribution is 6.31. The van der Waals surface area contributed by atoms with Gasteiger partial charge in [0.25, 0.3) is 5.69 Å². The molecule has 0 atom stereocenters. The fraction of sp³-hybridized carbons (Fsp3) is 0.118. The van der Waals surface area contributed by atoms with E-state index < -0.39 is 4.92 Å². The molecular weight excluding hydrogens is 332 g/mol. The van der Waals surface area contributed by atoms with Crippen molar-refractivity contribution in [2.75, 3.05) is 12.4 Å². The number of anilines is 1. The van der Waals surface area contributed by atoms with Gasteiger partial charge >= 0.3 is 0 Å². The number of amides is 1. The topological polar surface area (TPSA) is 81.5 Å². The van der Waals surface area contributed by atoms with Crippen molar-refractivity contribution in [3.63, 3.8) is 0 Å². The minimum absolute atomic E-state index is 0.00187. The molecule has 0 aromatic heterocycles. The highest BCUT2D eigenvalue weighted by atomic mass is 35.5. The van der Waals surface area contributed by atoms with Crippen LogP contribution in [0.3, 0.4) is 0 Å². The number of carbonyl (C=O) groups is 1. The number of carbonyl (C=O) groups excluding carboxylic acids is 1. The number of nitro benzene ring substituents is 1. The fourth-order valence-electron chi connectivity index (χ4n) is 1.98. The predicted molar refractivity (Wildman–Crippen MR) is 93.5 cm³/mol. The first-order valence-electron chi connectivity index (χ1n) is 6.98. The highest BCUT2D eigenvalue weighted by Gasteiger charge is 2.09. The fourth-order valence-corrected chi connectivity index (χ4v) is 2.14. The van der Waals surface area contributed by atoms with E-state index in [9.17, 15) is 14.9 Å². The number of hydrogen-bond acceptors (Lipinski definition) is 4. The number of non-ortho nitro benzene ring substituents is 1. The number of benzene rings is 2. The number of nitro groups is 1. The summed E-state index contributed by atoms with van der Waals surface area (Å²) >= 11 is 6.02. The molecule has 2 aromatic rings. The number of ether oxygens (including phenoxy) is 1. The number of nitrogens with zero attached hydrogens (tertiary/aromatic N) is 1. The van der Waals surface area contributed by atoms with Crippen LogP contribution in [0.5, 0.6) is 5.75 Å². The molecule has 0 spiro atoms. The molecule has 124 valence electrons. The molecule has 2 rings (SSSR count). The summed E-state index contributed by atoms with van der Waals surface area (Å²) in [7, 11) is 1.49. The van der Waals surface area contributed by atoms with E-state index in [-0.39, 0.29) is 11.6 Å². The first-order chi connectivity index (χ1) is 11.4. The van der Waals surface area contributed by atoms with Crippen molar-refractivity contribution in [2.24, 2.45) is 0 Å². The van der Waals surface area contributed by atoms with E-state index in [4.69, 9.17) is 16.3 Å². The Labute approximate surface area is 143 Å². The molecule has 0 aliphatic rings. The van der Waals surface area contributed by atoms with E-state index in [1.54, 1.807) is 30.3 Å². The lowest BCUT2D eigenvalue weighted by Gasteiger charge is -2.11. The van der Waals surface area contributed by atoms with E-state index in [2.05, 4.69) is 5.32 Å². The van der Waals surface area contributed by atoms with Gasteiger partial charge in [0.15, 0.2) is 0 Å². The Bertz CT molecular complexity index is 801. The Morgan fingerprint density at radius 2 is 1.96 bits per heavy atom. The second-order valence-corrected chi connectivity index (χ2v) is 5.38. The van der Waals surface area contributed by atoms with Crippen molar-refractivity contribution < 1.29 is 14.5 Å². The van der Waals surface area contributed by atoms with Crippen LogP contribution in [0.15, 0.2) is 42.5 Å². The summed E-state index contributed by atoms with van der Waals surface area (Å²) in [5.74, 6) is 0.107. The number of aryl methyl sites for hydroxylation is 1. The molecule has 0 bridgehead atoms. The molecule has 0 heterocycles. The number of nitrogens with one attached hydrogen (secondary N) is 1. The third kappa shape index (κ3) is 4.33. The molecule has 6 nitrogen and oxygen atoms in total. The molecule has 0 fully saturated rings. The number of rotatable bonds is 5. The molecule has 0 saturated carbocycles. The monoisotopic (exact) mass is 346 g/mol. The minimum atomic E-state index is -0.477. The third-order valence-electron chi connectivity index (χ3n) is 3.27. The first-order valence-corrected chi connectivity index (χ1v) is 7.36. The van der Waals surface area contributed by atoms with Gasteiger partial charge in [-0.05, 0) is 42.3 Å². The van der Waals surface area contributed by atoms with Crippen molar-refractivity contribution in [3.8, 4) is 5.75 Å². The Hall–Kier alpha value is -2.86. The van der Waals surface area contributed by atoms with Crippen LogP contribution in [-0.4, -0.2) is 17.9 Å². The van der Waals surface area contributed by atoms with Gasteiger partial charge in [0.1, 0.15) is 5.75 Å². The normalized spacial score (nSPS) is 10.6. The molecule has 0 saturated heterocycles. The zero-order chi connectivity index (χ0) is 17.7. The zero-order valence-electron chi connectivity index (χ0n) is 13.1. The summed E-state index contributed by atoms with van der Waals surface area (Å²) in [4.78, 5) is 22.1. The summed E-state index contributed by atoms with van der Waals surface area (Å²) in [6.07, 6.45) is 2.90.